The van der Waals surface area contributed by atoms with Crippen molar-refractivity contribution in [1.82, 2.24) is 5.32 Å². The van der Waals surface area contributed by atoms with Gasteiger partial charge in [0.2, 0.25) is 0 Å². The SMILES string of the molecule is C=C(C)COc1cccc(NC(=O)NCCc2ccc(CO)cc2)c1. The second kappa shape index (κ2) is 9.49. The summed E-state index contributed by atoms with van der Waals surface area (Å²) in [5.74, 6) is 0.685. The van der Waals surface area contributed by atoms with Gasteiger partial charge < -0.3 is 20.5 Å². The van der Waals surface area contributed by atoms with Crippen LogP contribution in [-0.4, -0.2) is 24.3 Å². The fourth-order valence-corrected chi connectivity index (χ4v) is 2.18. The molecule has 0 aromatic heterocycles. The van der Waals surface area contributed by atoms with E-state index in [-0.39, 0.29) is 12.6 Å². The van der Waals surface area contributed by atoms with Crippen molar-refractivity contribution in [2.24, 2.45) is 0 Å². The monoisotopic (exact) mass is 340 g/mol. The van der Waals surface area contributed by atoms with Crippen molar-refractivity contribution in [3.8, 4) is 5.75 Å². The van der Waals surface area contributed by atoms with Crippen molar-refractivity contribution >= 4 is 11.7 Å². The smallest absolute Gasteiger partial charge is 0.319 e. The highest BCUT2D eigenvalue weighted by molar-refractivity contribution is 5.89. The predicted octanol–water partition coefficient (Wildman–Crippen LogP) is 3.50. The minimum Gasteiger partial charge on any atom is -0.489 e. The van der Waals surface area contributed by atoms with Gasteiger partial charge in [0, 0.05) is 18.3 Å². The average molecular weight is 340 g/mol. The third-order valence-electron chi connectivity index (χ3n) is 3.48. The fraction of sp³-hybridized carbons (Fsp3) is 0.250. The maximum Gasteiger partial charge on any atom is 0.319 e. The molecule has 5 nitrogen and oxygen atoms in total. The van der Waals surface area contributed by atoms with Crippen LogP contribution in [0.25, 0.3) is 0 Å². The topological polar surface area (TPSA) is 70.6 Å². The molecule has 2 amide bonds. The van der Waals surface area contributed by atoms with Crippen molar-refractivity contribution in [1.29, 1.82) is 0 Å². The molecule has 0 unspecified atom stereocenters. The standard InChI is InChI=1S/C20H24N2O3/c1-15(2)14-25-19-5-3-4-18(12-19)22-20(24)21-11-10-16-6-8-17(13-23)9-7-16/h3-9,12,23H,1,10-11,13-14H2,2H3,(H2,21,22,24). The van der Waals surface area contributed by atoms with Gasteiger partial charge >= 0.3 is 6.03 Å². The first kappa shape index (κ1) is 18.5. The molecule has 0 atom stereocenters. The van der Waals surface area contributed by atoms with Gasteiger partial charge in [-0.05, 0) is 42.2 Å². The zero-order chi connectivity index (χ0) is 18.1. The lowest BCUT2D eigenvalue weighted by Crippen LogP contribution is -2.30. The number of rotatable bonds is 8. The van der Waals surface area contributed by atoms with Gasteiger partial charge in [0.1, 0.15) is 12.4 Å². The number of aliphatic hydroxyl groups excluding tert-OH is 1. The molecule has 0 saturated heterocycles. The van der Waals surface area contributed by atoms with Crippen molar-refractivity contribution in [2.75, 3.05) is 18.5 Å². The Morgan fingerprint density at radius 3 is 2.56 bits per heavy atom. The molecule has 0 saturated carbocycles. The van der Waals surface area contributed by atoms with Crippen LogP contribution in [0, 0.1) is 0 Å². The number of aliphatic hydroxyl groups is 1. The Morgan fingerprint density at radius 1 is 1.16 bits per heavy atom. The van der Waals surface area contributed by atoms with Gasteiger partial charge in [-0.15, -0.1) is 0 Å². The predicted molar refractivity (Wildman–Crippen MR) is 99.8 cm³/mol. The number of hydrogen-bond acceptors (Lipinski definition) is 3. The third kappa shape index (κ3) is 6.69. The number of benzene rings is 2. The quantitative estimate of drug-likeness (QED) is 0.644. The first-order valence-electron chi connectivity index (χ1n) is 8.17. The number of amides is 2. The molecule has 0 aliphatic heterocycles. The lowest BCUT2D eigenvalue weighted by molar-refractivity contribution is 0.252. The summed E-state index contributed by atoms with van der Waals surface area (Å²) in [5, 5.41) is 14.6. The largest absolute Gasteiger partial charge is 0.489 e. The van der Waals surface area contributed by atoms with Gasteiger partial charge in [0.15, 0.2) is 0 Å². The van der Waals surface area contributed by atoms with Crippen LogP contribution >= 0.6 is 0 Å². The fourth-order valence-electron chi connectivity index (χ4n) is 2.18. The van der Waals surface area contributed by atoms with Crippen molar-refractivity contribution < 1.29 is 14.6 Å². The number of urea groups is 1. The molecule has 0 heterocycles. The lowest BCUT2D eigenvalue weighted by atomic mass is 10.1. The lowest BCUT2D eigenvalue weighted by Gasteiger charge is -2.10. The van der Waals surface area contributed by atoms with E-state index in [4.69, 9.17) is 9.84 Å². The Bertz CT molecular complexity index is 711. The van der Waals surface area contributed by atoms with E-state index in [0.29, 0.717) is 24.6 Å². The van der Waals surface area contributed by atoms with Crippen LogP contribution in [0.4, 0.5) is 10.5 Å². The summed E-state index contributed by atoms with van der Waals surface area (Å²) < 4.78 is 5.56. The molecule has 132 valence electrons. The molecule has 0 aliphatic rings. The number of nitrogens with one attached hydrogen (secondary N) is 2. The zero-order valence-corrected chi connectivity index (χ0v) is 14.4. The van der Waals surface area contributed by atoms with Crippen LogP contribution in [0.2, 0.25) is 0 Å². The van der Waals surface area contributed by atoms with Gasteiger partial charge in [-0.25, -0.2) is 4.79 Å². The summed E-state index contributed by atoms with van der Waals surface area (Å²) in [7, 11) is 0. The number of anilines is 1. The number of hydrogen-bond donors (Lipinski definition) is 3. The molecule has 2 rings (SSSR count). The maximum absolute atomic E-state index is 12.0. The molecule has 3 N–H and O–H groups in total. The van der Waals surface area contributed by atoms with Gasteiger partial charge in [0.05, 0.1) is 6.61 Å². The normalized spacial score (nSPS) is 10.2. The highest BCUT2D eigenvalue weighted by atomic mass is 16.5. The minimum atomic E-state index is -0.260. The van der Waals surface area contributed by atoms with E-state index in [1.54, 1.807) is 12.1 Å². The van der Waals surface area contributed by atoms with E-state index in [0.717, 1.165) is 23.1 Å². The molecule has 2 aromatic rings. The molecule has 25 heavy (non-hydrogen) atoms. The van der Waals surface area contributed by atoms with E-state index in [1.165, 1.54) is 0 Å². The molecule has 0 bridgehead atoms. The highest BCUT2D eigenvalue weighted by Crippen LogP contribution is 2.17. The molecular formula is C20H24N2O3. The second-order valence-corrected chi connectivity index (χ2v) is 5.88. The Kier molecular flexibility index (Phi) is 7.04. The first-order chi connectivity index (χ1) is 12.1. The second-order valence-electron chi connectivity index (χ2n) is 5.88. The summed E-state index contributed by atoms with van der Waals surface area (Å²) in [4.78, 5) is 12.0. The Morgan fingerprint density at radius 2 is 1.88 bits per heavy atom. The van der Waals surface area contributed by atoms with Crippen molar-refractivity contribution in [3.05, 3.63) is 71.8 Å². The summed E-state index contributed by atoms with van der Waals surface area (Å²) in [6.07, 6.45) is 0.723. The summed E-state index contributed by atoms with van der Waals surface area (Å²) in [5.41, 5.74) is 3.59. The molecule has 0 spiro atoms. The average Bonchev–Trinajstić information content (AvgIpc) is 2.61. The number of ether oxygens (including phenoxy) is 1. The van der Waals surface area contributed by atoms with Gasteiger partial charge in [-0.3, -0.25) is 0 Å². The molecule has 2 aromatic carbocycles. The summed E-state index contributed by atoms with van der Waals surface area (Å²) >= 11 is 0. The van der Waals surface area contributed by atoms with Crippen LogP contribution in [0.3, 0.4) is 0 Å². The van der Waals surface area contributed by atoms with E-state index >= 15 is 0 Å². The Labute approximate surface area is 148 Å². The summed E-state index contributed by atoms with van der Waals surface area (Å²) in [6, 6.07) is 14.6. The molecule has 5 heteroatoms. The van der Waals surface area contributed by atoms with Crippen LogP contribution < -0.4 is 15.4 Å². The summed E-state index contributed by atoms with van der Waals surface area (Å²) in [6.45, 7) is 6.70. The van der Waals surface area contributed by atoms with Crippen LogP contribution in [0.1, 0.15) is 18.1 Å². The van der Waals surface area contributed by atoms with E-state index in [1.807, 2.05) is 43.3 Å². The Balaban J connectivity index is 1.77. The van der Waals surface area contributed by atoms with E-state index in [2.05, 4.69) is 17.2 Å². The van der Waals surface area contributed by atoms with Crippen LogP contribution in [-0.2, 0) is 13.0 Å². The first-order valence-corrected chi connectivity index (χ1v) is 8.17. The van der Waals surface area contributed by atoms with Gasteiger partial charge in [-0.2, -0.15) is 0 Å². The van der Waals surface area contributed by atoms with Crippen LogP contribution in [0.5, 0.6) is 5.75 Å². The van der Waals surface area contributed by atoms with Crippen LogP contribution in [0.15, 0.2) is 60.7 Å². The van der Waals surface area contributed by atoms with Gasteiger partial charge in [0.25, 0.3) is 0 Å². The van der Waals surface area contributed by atoms with E-state index in [9.17, 15) is 4.79 Å². The Hall–Kier alpha value is -2.79. The number of carbonyl (C=O) groups is 1. The van der Waals surface area contributed by atoms with Crippen molar-refractivity contribution in [3.63, 3.8) is 0 Å². The van der Waals surface area contributed by atoms with Gasteiger partial charge in [-0.1, -0.05) is 36.9 Å². The minimum absolute atomic E-state index is 0.0378. The number of carbonyl (C=O) groups excluding carboxylic acids is 1. The van der Waals surface area contributed by atoms with Crippen molar-refractivity contribution in [2.45, 2.75) is 20.0 Å². The molecule has 0 aliphatic carbocycles. The molecule has 0 radical (unpaired) electrons. The zero-order valence-electron chi connectivity index (χ0n) is 14.4. The maximum atomic E-state index is 12.0. The third-order valence-corrected chi connectivity index (χ3v) is 3.48. The molecule has 0 fully saturated rings. The highest BCUT2D eigenvalue weighted by Gasteiger charge is 2.03. The molecular weight excluding hydrogens is 316 g/mol. The van der Waals surface area contributed by atoms with E-state index < -0.39 is 0 Å².